The van der Waals surface area contributed by atoms with Crippen molar-refractivity contribution in [3.8, 4) is 0 Å². The summed E-state index contributed by atoms with van der Waals surface area (Å²) in [4.78, 5) is 6.84. The smallest absolute Gasteiger partial charge is 0.201 e. The minimum atomic E-state index is 0.647. The summed E-state index contributed by atoms with van der Waals surface area (Å²) in [6.07, 6.45) is 3.82. The molecule has 0 amide bonds. The molecule has 0 radical (unpaired) electrons. The Morgan fingerprint density at radius 1 is 1.26 bits per heavy atom. The molecule has 1 aromatic heterocycles. The molecule has 1 saturated heterocycles. The molecule has 0 saturated carbocycles. The van der Waals surface area contributed by atoms with Crippen LogP contribution in [0.5, 0.6) is 0 Å². The van der Waals surface area contributed by atoms with Crippen LogP contribution in [0.15, 0.2) is 24.3 Å². The molecule has 2 N–H and O–H groups in total. The molecule has 1 aliphatic rings. The van der Waals surface area contributed by atoms with E-state index in [0.717, 1.165) is 23.5 Å². The van der Waals surface area contributed by atoms with E-state index in [-0.39, 0.29) is 0 Å². The van der Waals surface area contributed by atoms with Gasteiger partial charge in [-0.3, -0.25) is 0 Å². The van der Waals surface area contributed by atoms with Crippen molar-refractivity contribution in [3.63, 3.8) is 0 Å². The molecule has 1 fully saturated rings. The van der Waals surface area contributed by atoms with Crippen LogP contribution in [0, 0.1) is 5.92 Å². The maximum absolute atomic E-state index is 6.03. The number of nitrogen functional groups attached to an aromatic ring is 1. The van der Waals surface area contributed by atoms with Gasteiger partial charge >= 0.3 is 0 Å². The fraction of sp³-hybridized carbons (Fsp3) is 0.533. The summed E-state index contributed by atoms with van der Waals surface area (Å²) < 4.78 is 2.16. The number of aromatic nitrogens is 2. The molecule has 2 aromatic rings. The van der Waals surface area contributed by atoms with Crippen molar-refractivity contribution in [1.82, 2.24) is 14.5 Å². The molecule has 102 valence electrons. The lowest BCUT2D eigenvalue weighted by Gasteiger charge is -2.29. The number of piperidine rings is 1. The summed E-state index contributed by atoms with van der Waals surface area (Å²) >= 11 is 0. The SMILES string of the molecule is CN1CCC(CCn2c(N)nc3ccccc32)CC1. The lowest BCUT2D eigenvalue weighted by atomic mass is 9.94. The number of rotatable bonds is 3. The average molecular weight is 258 g/mol. The zero-order valence-electron chi connectivity index (χ0n) is 11.5. The van der Waals surface area contributed by atoms with E-state index in [4.69, 9.17) is 5.73 Å². The van der Waals surface area contributed by atoms with E-state index in [1.54, 1.807) is 0 Å². The fourth-order valence-electron chi connectivity index (χ4n) is 2.99. The largest absolute Gasteiger partial charge is 0.369 e. The number of hydrogen-bond donors (Lipinski definition) is 1. The molecule has 0 aliphatic carbocycles. The van der Waals surface area contributed by atoms with E-state index in [1.165, 1.54) is 32.4 Å². The second kappa shape index (κ2) is 5.21. The maximum Gasteiger partial charge on any atom is 0.201 e. The number of aryl methyl sites for hydroxylation is 1. The number of nitrogens with two attached hydrogens (primary N) is 1. The van der Waals surface area contributed by atoms with Crippen LogP contribution in [0.3, 0.4) is 0 Å². The Kier molecular flexibility index (Phi) is 3.42. The molecular weight excluding hydrogens is 236 g/mol. The monoisotopic (exact) mass is 258 g/mol. The average Bonchev–Trinajstić information content (AvgIpc) is 2.74. The van der Waals surface area contributed by atoms with E-state index < -0.39 is 0 Å². The van der Waals surface area contributed by atoms with Crippen LogP contribution in [0.25, 0.3) is 11.0 Å². The van der Waals surface area contributed by atoms with E-state index in [9.17, 15) is 0 Å². The van der Waals surface area contributed by atoms with E-state index in [0.29, 0.717) is 5.95 Å². The van der Waals surface area contributed by atoms with Crippen LogP contribution in [-0.2, 0) is 6.54 Å². The van der Waals surface area contributed by atoms with Gasteiger partial charge in [-0.1, -0.05) is 12.1 Å². The minimum absolute atomic E-state index is 0.647. The molecule has 1 aromatic carbocycles. The predicted molar refractivity (Wildman–Crippen MR) is 79.0 cm³/mol. The first kappa shape index (κ1) is 12.5. The van der Waals surface area contributed by atoms with E-state index >= 15 is 0 Å². The molecule has 2 heterocycles. The van der Waals surface area contributed by atoms with Gasteiger partial charge in [-0.2, -0.15) is 0 Å². The van der Waals surface area contributed by atoms with Crippen molar-refractivity contribution in [2.24, 2.45) is 5.92 Å². The lowest BCUT2D eigenvalue weighted by Crippen LogP contribution is -2.30. The van der Waals surface area contributed by atoms with Gasteiger partial charge in [-0.15, -0.1) is 0 Å². The number of imidazole rings is 1. The zero-order valence-corrected chi connectivity index (χ0v) is 11.5. The molecular formula is C15H22N4. The summed E-state index contributed by atoms with van der Waals surface area (Å²) in [5.41, 5.74) is 8.20. The lowest BCUT2D eigenvalue weighted by molar-refractivity contribution is 0.208. The van der Waals surface area contributed by atoms with E-state index in [2.05, 4.69) is 33.6 Å². The second-order valence-corrected chi connectivity index (χ2v) is 5.65. The number of nitrogens with zero attached hydrogens (tertiary/aromatic N) is 3. The molecule has 0 unspecified atom stereocenters. The highest BCUT2D eigenvalue weighted by Crippen LogP contribution is 2.23. The summed E-state index contributed by atoms with van der Waals surface area (Å²) in [5.74, 6) is 1.48. The van der Waals surface area contributed by atoms with Crippen LogP contribution in [0.1, 0.15) is 19.3 Å². The van der Waals surface area contributed by atoms with Crippen LogP contribution in [-0.4, -0.2) is 34.6 Å². The Morgan fingerprint density at radius 2 is 2.00 bits per heavy atom. The van der Waals surface area contributed by atoms with Gasteiger partial charge in [0.1, 0.15) is 0 Å². The quantitative estimate of drug-likeness (QED) is 0.919. The summed E-state index contributed by atoms with van der Waals surface area (Å²) in [7, 11) is 2.21. The van der Waals surface area contributed by atoms with E-state index in [1.807, 2.05) is 12.1 Å². The number of hydrogen-bond acceptors (Lipinski definition) is 3. The molecule has 0 atom stereocenters. The maximum atomic E-state index is 6.03. The highest BCUT2D eigenvalue weighted by atomic mass is 15.1. The number of fused-ring (bicyclic) bond motifs is 1. The third-order valence-corrected chi connectivity index (χ3v) is 4.28. The summed E-state index contributed by atoms with van der Waals surface area (Å²) in [6.45, 7) is 3.44. The molecule has 4 heteroatoms. The normalized spacial score (nSPS) is 18.2. The van der Waals surface area contributed by atoms with Gasteiger partial charge in [0, 0.05) is 6.54 Å². The summed E-state index contributed by atoms with van der Waals surface area (Å²) in [5, 5.41) is 0. The van der Waals surface area contributed by atoms with Crippen LogP contribution >= 0.6 is 0 Å². The predicted octanol–water partition coefficient (Wildman–Crippen LogP) is 2.35. The highest BCUT2D eigenvalue weighted by Gasteiger charge is 2.17. The molecule has 0 spiro atoms. The topological polar surface area (TPSA) is 47.1 Å². The van der Waals surface area contributed by atoms with Gasteiger partial charge in [0.2, 0.25) is 5.95 Å². The van der Waals surface area contributed by atoms with Crippen LogP contribution in [0.4, 0.5) is 5.95 Å². The fourth-order valence-corrected chi connectivity index (χ4v) is 2.99. The number of anilines is 1. The van der Waals surface area contributed by atoms with Gasteiger partial charge in [-0.25, -0.2) is 4.98 Å². The van der Waals surface area contributed by atoms with Crippen molar-refractivity contribution >= 4 is 17.0 Å². The van der Waals surface area contributed by atoms with Crippen molar-refractivity contribution in [3.05, 3.63) is 24.3 Å². The molecule has 4 nitrogen and oxygen atoms in total. The van der Waals surface area contributed by atoms with Crippen LogP contribution in [0.2, 0.25) is 0 Å². The molecule has 0 bridgehead atoms. The second-order valence-electron chi connectivity index (χ2n) is 5.65. The molecule has 3 rings (SSSR count). The van der Waals surface area contributed by atoms with Gasteiger partial charge < -0.3 is 15.2 Å². The number of likely N-dealkylation sites (tertiary alicyclic amines) is 1. The Labute approximate surface area is 114 Å². The number of benzene rings is 1. The zero-order chi connectivity index (χ0) is 13.2. The van der Waals surface area contributed by atoms with Gasteiger partial charge in [0.05, 0.1) is 11.0 Å². The standard InChI is InChI=1S/C15H22N4/c1-18-9-6-12(7-10-18)8-11-19-14-5-3-2-4-13(14)17-15(19)16/h2-5,12H,6-11H2,1H3,(H2,16,17). The van der Waals surface area contributed by atoms with Crippen molar-refractivity contribution in [2.45, 2.75) is 25.8 Å². The highest BCUT2D eigenvalue weighted by molar-refractivity contribution is 5.78. The van der Waals surface area contributed by atoms with Gasteiger partial charge in [-0.05, 0) is 57.5 Å². The first-order chi connectivity index (χ1) is 9.24. The minimum Gasteiger partial charge on any atom is -0.369 e. The van der Waals surface area contributed by atoms with Crippen molar-refractivity contribution in [1.29, 1.82) is 0 Å². The Morgan fingerprint density at radius 3 is 2.79 bits per heavy atom. The Balaban J connectivity index is 1.70. The Hall–Kier alpha value is -1.55. The molecule has 19 heavy (non-hydrogen) atoms. The summed E-state index contributed by atoms with van der Waals surface area (Å²) in [6, 6.07) is 8.19. The number of para-hydroxylation sites is 2. The molecule has 1 aliphatic heterocycles. The third kappa shape index (κ3) is 2.59. The van der Waals surface area contributed by atoms with Gasteiger partial charge in [0.15, 0.2) is 0 Å². The first-order valence-electron chi connectivity index (χ1n) is 7.13. The Bertz CT molecular complexity index is 552. The third-order valence-electron chi connectivity index (χ3n) is 4.28. The van der Waals surface area contributed by atoms with Crippen molar-refractivity contribution in [2.75, 3.05) is 25.9 Å². The van der Waals surface area contributed by atoms with Crippen LogP contribution < -0.4 is 5.73 Å². The van der Waals surface area contributed by atoms with Gasteiger partial charge in [0.25, 0.3) is 0 Å². The van der Waals surface area contributed by atoms with Crippen molar-refractivity contribution < 1.29 is 0 Å². The first-order valence-corrected chi connectivity index (χ1v) is 7.13.